The van der Waals surface area contributed by atoms with Gasteiger partial charge in [0.15, 0.2) is 0 Å². The predicted molar refractivity (Wildman–Crippen MR) is 72.6 cm³/mol. The SMILES string of the molecule is COCc1ccc(-c2ccc(C(F)(F)F)cc2)cc1Cl. The summed E-state index contributed by atoms with van der Waals surface area (Å²) in [4.78, 5) is 0. The van der Waals surface area contributed by atoms with E-state index < -0.39 is 11.7 Å². The molecule has 0 N–H and O–H groups in total. The van der Waals surface area contributed by atoms with Crippen LogP contribution in [0, 0.1) is 0 Å². The molecule has 0 aliphatic rings. The fourth-order valence-corrected chi connectivity index (χ4v) is 2.09. The number of rotatable bonds is 3. The zero-order valence-corrected chi connectivity index (χ0v) is 11.4. The number of hydrogen-bond donors (Lipinski definition) is 0. The quantitative estimate of drug-likeness (QED) is 0.759. The second-order valence-electron chi connectivity index (χ2n) is 4.31. The third-order valence-corrected chi connectivity index (χ3v) is 3.25. The molecule has 0 aliphatic heterocycles. The van der Waals surface area contributed by atoms with Crippen LogP contribution in [0.1, 0.15) is 11.1 Å². The predicted octanol–water partition coefficient (Wildman–Crippen LogP) is 5.17. The molecule has 0 saturated carbocycles. The molecular weight excluding hydrogens is 289 g/mol. The van der Waals surface area contributed by atoms with Gasteiger partial charge in [-0.2, -0.15) is 13.2 Å². The van der Waals surface area contributed by atoms with Crippen LogP contribution in [0.25, 0.3) is 11.1 Å². The molecule has 106 valence electrons. The molecule has 2 rings (SSSR count). The van der Waals surface area contributed by atoms with Crippen molar-refractivity contribution in [2.75, 3.05) is 7.11 Å². The summed E-state index contributed by atoms with van der Waals surface area (Å²) < 4.78 is 42.5. The van der Waals surface area contributed by atoms with Crippen LogP contribution in [0.15, 0.2) is 42.5 Å². The Bertz CT molecular complexity index is 591. The van der Waals surface area contributed by atoms with Gasteiger partial charge in [0.25, 0.3) is 0 Å². The lowest BCUT2D eigenvalue weighted by Gasteiger charge is -2.09. The number of methoxy groups -OCH3 is 1. The van der Waals surface area contributed by atoms with E-state index in [9.17, 15) is 13.2 Å². The second-order valence-corrected chi connectivity index (χ2v) is 4.72. The van der Waals surface area contributed by atoms with Crippen molar-refractivity contribution in [1.29, 1.82) is 0 Å². The van der Waals surface area contributed by atoms with Gasteiger partial charge in [-0.25, -0.2) is 0 Å². The van der Waals surface area contributed by atoms with E-state index in [0.717, 1.165) is 23.3 Å². The average molecular weight is 301 g/mol. The van der Waals surface area contributed by atoms with Crippen molar-refractivity contribution in [2.45, 2.75) is 12.8 Å². The highest BCUT2D eigenvalue weighted by Crippen LogP contribution is 2.32. The van der Waals surface area contributed by atoms with E-state index in [-0.39, 0.29) is 0 Å². The lowest BCUT2D eigenvalue weighted by molar-refractivity contribution is -0.137. The van der Waals surface area contributed by atoms with Gasteiger partial charge in [-0.15, -0.1) is 0 Å². The summed E-state index contributed by atoms with van der Waals surface area (Å²) in [5, 5.41) is 0.532. The fraction of sp³-hybridized carbons (Fsp3) is 0.200. The Hall–Kier alpha value is -1.52. The highest BCUT2D eigenvalue weighted by atomic mass is 35.5. The van der Waals surface area contributed by atoms with Gasteiger partial charge in [-0.1, -0.05) is 35.9 Å². The molecule has 2 aromatic rings. The third-order valence-electron chi connectivity index (χ3n) is 2.90. The highest BCUT2D eigenvalue weighted by Gasteiger charge is 2.29. The first-order chi connectivity index (χ1) is 9.41. The summed E-state index contributed by atoms with van der Waals surface area (Å²) in [6.45, 7) is 0.395. The van der Waals surface area contributed by atoms with Gasteiger partial charge in [0, 0.05) is 12.1 Å². The molecular formula is C15H12ClF3O. The van der Waals surface area contributed by atoms with Gasteiger partial charge in [-0.3, -0.25) is 0 Å². The van der Waals surface area contributed by atoms with Crippen molar-refractivity contribution in [2.24, 2.45) is 0 Å². The van der Waals surface area contributed by atoms with Gasteiger partial charge < -0.3 is 4.74 Å². The number of alkyl halides is 3. The van der Waals surface area contributed by atoms with Crippen LogP contribution >= 0.6 is 11.6 Å². The number of halogens is 4. The summed E-state index contributed by atoms with van der Waals surface area (Å²) >= 11 is 6.10. The minimum Gasteiger partial charge on any atom is -0.380 e. The number of ether oxygens (including phenoxy) is 1. The van der Waals surface area contributed by atoms with Crippen molar-refractivity contribution in [3.63, 3.8) is 0 Å². The van der Waals surface area contributed by atoms with Crippen LogP contribution in [0.4, 0.5) is 13.2 Å². The Labute approximate surface area is 119 Å². The third kappa shape index (κ3) is 3.32. The lowest BCUT2D eigenvalue weighted by atomic mass is 10.0. The maximum absolute atomic E-state index is 12.5. The standard InChI is InChI=1S/C15H12ClF3O/c1-20-9-12-3-2-11(8-14(12)16)10-4-6-13(7-5-10)15(17,18)19/h2-8H,9H2,1H3. The van der Waals surface area contributed by atoms with Crippen LogP contribution in [0.5, 0.6) is 0 Å². The fourth-order valence-electron chi connectivity index (χ4n) is 1.85. The van der Waals surface area contributed by atoms with Gasteiger partial charge >= 0.3 is 6.18 Å². The van der Waals surface area contributed by atoms with Gasteiger partial charge in [0.1, 0.15) is 0 Å². The van der Waals surface area contributed by atoms with Crippen LogP contribution in [0.2, 0.25) is 5.02 Å². The second kappa shape index (κ2) is 5.85. The van der Waals surface area contributed by atoms with Gasteiger partial charge in [0.05, 0.1) is 12.2 Å². The first kappa shape index (κ1) is 14.9. The lowest BCUT2D eigenvalue weighted by Crippen LogP contribution is -2.03. The van der Waals surface area contributed by atoms with E-state index >= 15 is 0 Å². The molecule has 0 spiro atoms. The zero-order valence-electron chi connectivity index (χ0n) is 10.7. The van der Waals surface area contributed by atoms with Crippen molar-refractivity contribution in [3.05, 3.63) is 58.6 Å². The first-order valence-corrected chi connectivity index (χ1v) is 6.24. The highest BCUT2D eigenvalue weighted by molar-refractivity contribution is 6.31. The molecule has 0 bridgehead atoms. The minimum atomic E-state index is -4.32. The Morgan fingerprint density at radius 2 is 1.60 bits per heavy atom. The maximum Gasteiger partial charge on any atom is 0.416 e. The molecule has 0 saturated heterocycles. The Balaban J connectivity index is 2.30. The minimum absolute atomic E-state index is 0.395. The zero-order chi connectivity index (χ0) is 14.8. The van der Waals surface area contributed by atoms with Crippen molar-refractivity contribution < 1.29 is 17.9 Å². The normalized spacial score (nSPS) is 11.7. The van der Waals surface area contributed by atoms with Crippen LogP contribution in [-0.2, 0) is 17.5 Å². The molecule has 2 aromatic carbocycles. The molecule has 0 atom stereocenters. The van der Waals surface area contributed by atoms with Crippen LogP contribution in [0.3, 0.4) is 0 Å². The van der Waals surface area contributed by atoms with E-state index in [2.05, 4.69) is 0 Å². The van der Waals surface area contributed by atoms with Crippen LogP contribution < -0.4 is 0 Å². The molecule has 0 radical (unpaired) electrons. The Morgan fingerprint density at radius 3 is 2.10 bits per heavy atom. The van der Waals surface area contributed by atoms with E-state index in [1.165, 1.54) is 12.1 Å². The van der Waals surface area contributed by atoms with E-state index in [1.807, 2.05) is 6.07 Å². The summed E-state index contributed by atoms with van der Waals surface area (Å²) in [5.41, 5.74) is 1.63. The van der Waals surface area contributed by atoms with Gasteiger partial charge in [-0.05, 0) is 34.9 Å². The van der Waals surface area contributed by atoms with E-state index in [1.54, 1.807) is 19.2 Å². The van der Waals surface area contributed by atoms with E-state index in [4.69, 9.17) is 16.3 Å². The van der Waals surface area contributed by atoms with Crippen molar-refractivity contribution in [3.8, 4) is 11.1 Å². The summed E-state index contributed by atoms with van der Waals surface area (Å²) in [5.74, 6) is 0. The topological polar surface area (TPSA) is 9.23 Å². The van der Waals surface area contributed by atoms with Crippen molar-refractivity contribution >= 4 is 11.6 Å². The molecule has 5 heteroatoms. The Kier molecular flexibility index (Phi) is 4.35. The number of hydrogen-bond acceptors (Lipinski definition) is 1. The molecule has 0 heterocycles. The summed E-state index contributed by atoms with van der Waals surface area (Å²) in [7, 11) is 1.57. The molecule has 0 unspecified atom stereocenters. The molecule has 0 amide bonds. The first-order valence-electron chi connectivity index (χ1n) is 5.87. The summed E-state index contributed by atoms with van der Waals surface area (Å²) in [6.07, 6.45) is -4.32. The van der Waals surface area contributed by atoms with Gasteiger partial charge in [0.2, 0.25) is 0 Å². The molecule has 20 heavy (non-hydrogen) atoms. The summed E-state index contributed by atoms with van der Waals surface area (Å²) in [6, 6.07) is 10.3. The van der Waals surface area contributed by atoms with Crippen LogP contribution in [-0.4, -0.2) is 7.11 Å². The Morgan fingerprint density at radius 1 is 1.00 bits per heavy atom. The monoisotopic (exact) mass is 300 g/mol. The maximum atomic E-state index is 12.5. The van der Waals surface area contributed by atoms with Crippen molar-refractivity contribution in [1.82, 2.24) is 0 Å². The average Bonchev–Trinajstić information content (AvgIpc) is 2.40. The molecule has 0 aliphatic carbocycles. The molecule has 1 nitrogen and oxygen atoms in total. The molecule has 0 fully saturated rings. The molecule has 0 aromatic heterocycles. The number of benzene rings is 2. The smallest absolute Gasteiger partial charge is 0.380 e. The largest absolute Gasteiger partial charge is 0.416 e. The van der Waals surface area contributed by atoms with E-state index in [0.29, 0.717) is 17.2 Å².